The summed E-state index contributed by atoms with van der Waals surface area (Å²) in [6.45, 7) is 1.20. The molecule has 158 valence electrons. The summed E-state index contributed by atoms with van der Waals surface area (Å²) in [5.41, 5.74) is 10.3. The molecule has 0 radical (unpaired) electrons. The van der Waals surface area contributed by atoms with Crippen LogP contribution in [0.15, 0.2) is 0 Å². The highest BCUT2D eigenvalue weighted by Gasteiger charge is 2.62. The summed E-state index contributed by atoms with van der Waals surface area (Å²) < 4.78 is 51.4. The predicted octanol–water partition coefficient (Wildman–Crippen LogP) is 2.05. The maximum atomic E-state index is 16.1. The monoisotopic (exact) mass is 428 g/mol. The number of alkyl halides is 1. The van der Waals surface area contributed by atoms with Gasteiger partial charge in [-0.2, -0.15) is 9.97 Å². The Balaban J connectivity index is 1.64. The van der Waals surface area contributed by atoms with Gasteiger partial charge in [-0.25, -0.2) is 13.9 Å². The zero-order valence-corrected chi connectivity index (χ0v) is 16.8. The molecule has 5 rings (SSSR count). The van der Waals surface area contributed by atoms with Crippen LogP contribution in [0.1, 0.15) is 44.2 Å². The first-order valence-corrected chi connectivity index (χ1v) is 10.8. The van der Waals surface area contributed by atoms with Gasteiger partial charge >= 0.3 is 7.82 Å². The summed E-state index contributed by atoms with van der Waals surface area (Å²) in [5, 5.41) is 0. The van der Waals surface area contributed by atoms with Crippen LogP contribution >= 0.6 is 7.82 Å². The number of phosphoric acid groups is 1. The lowest BCUT2D eigenvalue weighted by atomic mass is 9.84. The third-order valence-corrected chi connectivity index (χ3v) is 7.26. The first-order valence-electron chi connectivity index (χ1n) is 9.37. The van der Waals surface area contributed by atoms with Gasteiger partial charge < -0.3 is 16.2 Å². The van der Waals surface area contributed by atoms with Gasteiger partial charge in [0, 0.05) is 13.0 Å². The number of imidazole rings is 1. The number of ether oxygens (including phenoxy) is 1. The van der Waals surface area contributed by atoms with E-state index in [-0.39, 0.29) is 24.3 Å². The summed E-state index contributed by atoms with van der Waals surface area (Å²) in [4.78, 5) is 12.8. The molecule has 4 N–H and O–H groups in total. The molecule has 2 aromatic heterocycles. The molecule has 29 heavy (non-hydrogen) atoms. The lowest BCUT2D eigenvalue weighted by Crippen LogP contribution is -2.45. The topological polar surface area (TPSA) is 150 Å². The van der Waals surface area contributed by atoms with Gasteiger partial charge in [0.2, 0.25) is 5.95 Å². The average molecular weight is 428 g/mol. The molecule has 1 unspecified atom stereocenters. The zero-order valence-electron chi connectivity index (χ0n) is 15.9. The average Bonchev–Trinajstić information content (AvgIpc) is 3.09. The molecule has 0 bridgehead atoms. The van der Waals surface area contributed by atoms with Crippen molar-refractivity contribution in [3.63, 3.8) is 0 Å². The molecule has 1 saturated carbocycles. The van der Waals surface area contributed by atoms with Gasteiger partial charge in [-0.3, -0.25) is 18.1 Å². The molecule has 0 amide bonds. The molecule has 11 nitrogen and oxygen atoms in total. The number of fused-ring (bicyclic) bond motifs is 2. The summed E-state index contributed by atoms with van der Waals surface area (Å²) in [6, 6.07) is 0. The van der Waals surface area contributed by atoms with E-state index in [0.717, 1.165) is 19.3 Å². The Morgan fingerprint density at radius 3 is 2.72 bits per heavy atom. The van der Waals surface area contributed by atoms with Crippen molar-refractivity contribution in [1.29, 1.82) is 0 Å². The highest BCUT2D eigenvalue weighted by Crippen LogP contribution is 2.59. The lowest BCUT2D eigenvalue weighted by molar-refractivity contribution is -0.0696. The number of phosphoric ester groups is 1. The SMILES string of the molecule is COP1(=O)OC[C@H]2O[C@@H](n3c(C4CCC4)nc4c(N)nc(N)nc43)[C@](C)(F)[C@@H]2O1. The van der Waals surface area contributed by atoms with Crippen LogP contribution in [0.5, 0.6) is 0 Å². The first kappa shape index (κ1) is 19.1. The Morgan fingerprint density at radius 1 is 1.31 bits per heavy atom. The van der Waals surface area contributed by atoms with Gasteiger partial charge in [-0.05, 0) is 19.8 Å². The van der Waals surface area contributed by atoms with Crippen molar-refractivity contribution in [2.45, 2.75) is 56.2 Å². The number of halogens is 1. The van der Waals surface area contributed by atoms with Crippen LogP contribution < -0.4 is 11.5 Å². The molecule has 3 fully saturated rings. The van der Waals surface area contributed by atoms with E-state index in [9.17, 15) is 4.57 Å². The maximum absolute atomic E-state index is 16.1. The zero-order chi connectivity index (χ0) is 20.6. The van der Waals surface area contributed by atoms with Crippen LogP contribution in [-0.2, 0) is 22.9 Å². The van der Waals surface area contributed by atoms with Crippen molar-refractivity contribution in [2.24, 2.45) is 0 Å². The van der Waals surface area contributed by atoms with E-state index in [1.807, 2.05) is 0 Å². The Bertz CT molecular complexity index is 1030. The first-order chi connectivity index (χ1) is 13.7. The van der Waals surface area contributed by atoms with Gasteiger partial charge in [0.1, 0.15) is 18.0 Å². The second kappa shape index (κ2) is 6.32. The highest BCUT2D eigenvalue weighted by atomic mass is 31.2. The fourth-order valence-corrected chi connectivity index (χ4v) is 5.33. The van der Waals surface area contributed by atoms with Crippen molar-refractivity contribution in [2.75, 3.05) is 25.2 Å². The molecule has 2 aliphatic heterocycles. The van der Waals surface area contributed by atoms with Crippen LogP contribution in [-0.4, -0.2) is 51.1 Å². The highest BCUT2D eigenvalue weighted by molar-refractivity contribution is 7.48. The molecule has 1 aliphatic carbocycles. The molecule has 3 aliphatic rings. The summed E-state index contributed by atoms with van der Waals surface area (Å²) in [6.07, 6.45) is -0.223. The normalized spacial score (nSPS) is 37.6. The number of rotatable bonds is 3. The number of nitrogens with zero attached hydrogens (tertiary/aromatic N) is 4. The maximum Gasteiger partial charge on any atom is 0.475 e. The molecular weight excluding hydrogens is 406 g/mol. The Morgan fingerprint density at radius 2 is 2.07 bits per heavy atom. The molecule has 2 saturated heterocycles. The van der Waals surface area contributed by atoms with E-state index in [4.69, 9.17) is 29.8 Å². The van der Waals surface area contributed by atoms with Crippen LogP contribution in [0.25, 0.3) is 11.2 Å². The van der Waals surface area contributed by atoms with E-state index in [2.05, 4.69) is 15.0 Å². The van der Waals surface area contributed by atoms with Crippen molar-refractivity contribution < 1.29 is 27.3 Å². The van der Waals surface area contributed by atoms with E-state index in [0.29, 0.717) is 17.0 Å². The lowest BCUT2D eigenvalue weighted by Gasteiger charge is -2.33. The molecular formula is C16H22FN6O5P. The number of anilines is 2. The van der Waals surface area contributed by atoms with Crippen LogP contribution in [0, 0.1) is 0 Å². The molecule has 4 heterocycles. The fraction of sp³-hybridized carbons (Fsp3) is 0.688. The molecule has 0 aromatic carbocycles. The Labute approximate surface area is 165 Å². The van der Waals surface area contributed by atoms with Crippen molar-refractivity contribution >= 4 is 30.8 Å². The minimum Gasteiger partial charge on any atom is -0.382 e. The van der Waals surface area contributed by atoms with E-state index in [1.165, 1.54) is 14.0 Å². The largest absolute Gasteiger partial charge is 0.475 e. The van der Waals surface area contributed by atoms with Gasteiger partial charge in [-0.15, -0.1) is 0 Å². The van der Waals surface area contributed by atoms with Gasteiger partial charge in [0.05, 0.1) is 6.61 Å². The predicted molar refractivity (Wildman–Crippen MR) is 99.6 cm³/mol. The Hall–Kier alpha value is -1.85. The number of nitrogen functional groups attached to an aromatic ring is 2. The van der Waals surface area contributed by atoms with Crippen molar-refractivity contribution in [3.8, 4) is 0 Å². The number of hydrogen-bond acceptors (Lipinski definition) is 10. The number of aromatic nitrogens is 4. The standard InChI is InChI=1S/C16H22FN6O5P/c1-16(17)10-8(6-26-29(24,25-2)28-10)27-14(16)23-12(7-4-3-5-7)20-9-11(18)21-15(19)22-13(9)23/h7-8,10,14H,3-6H2,1-2H3,(H4,18,19,21,22)/t8-,10-,14-,16-,29?/m1/s1. The molecule has 2 aromatic rings. The minimum absolute atomic E-state index is 0.0456. The van der Waals surface area contributed by atoms with Crippen molar-refractivity contribution in [1.82, 2.24) is 19.5 Å². The molecule has 5 atom stereocenters. The second-order valence-corrected chi connectivity index (χ2v) is 9.47. The van der Waals surface area contributed by atoms with E-state index < -0.39 is 31.9 Å². The minimum atomic E-state index is -3.85. The van der Waals surface area contributed by atoms with Crippen molar-refractivity contribution in [3.05, 3.63) is 5.82 Å². The third kappa shape index (κ3) is 2.77. The quantitative estimate of drug-likeness (QED) is 0.695. The van der Waals surface area contributed by atoms with Gasteiger partial charge in [0.25, 0.3) is 0 Å². The number of nitrogens with two attached hydrogens (primary N) is 2. The summed E-state index contributed by atoms with van der Waals surface area (Å²) in [5.74, 6) is 0.803. The Kier molecular flexibility index (Phi) is 4.17. The van der Waals surface area contributed by atoms with Crippen LogP contribution in [0.4, 0.5) is 16.2 Å². The second-order valence-electron chi connectivity index (χ2n) is 7.74. The van der Waals surface area contributed by atoms with E-state index >= 15 is 4.39 Å². The summed E-state index contributed by atoms with van der Waals surface area (Å²) in [7, 11) is -2.66. The van der Waals surface area contributed by atoms with Gasteiger partial charge in [0.15, 0.2) is 28.9 Å². The van der Waals surface area contributed by atoms with Gasteiger partial charge in [-0.1, -0.05) is 6.42 Å². The molecule has 13 heteroatoms. The van der Waals surface area contributed by atoms with E-state index in [1.54, 1.807) is 4.57 Å². The number of hydrogen-bond donors (Lipinski definition) is 2. The molecule has 0 spiro atoms. The van der Waals surface area contributed by atoms with Crippen LogP contribution in [0.2, 0.25) is 0 Å². The third-order valence-electron chi connectivity index (χ3n) is 5.86. The smallest absolute Gasteiger partial charge is 0.382 e. The summed E-state index contributed by atoms with van der Waals surface area (Å²) >= 11 is 0. The fourth-order valence-electron chi connectivity index (χ4n) is 4.13. The van der Waals surface area contributed by atoms with Crippen LogP contribution in [0.3, 0.4) is 0 Å².